The average molecular weight is 266 g/mol. The predicted molar refractivity (Wildman–Crippen MR) is 80.7 cm³/mol. The fourth-order valence-electron chi connectivity index (χ4n) is 2.84. The average Bonchev–Trinajstić information content (AvgIpc) is 2.71. The number of furan rings is 1. The van der Waals surface area contributed by atoms with Gasteiger partial charge in [0, 0.05) is 23.3 Å². The Morgan fingerprint density at radius 1 is 1.10 bits per heavy atom. The molecule has 0 aliphatic rings. The molecule has 0 fully saturated rings. The van der Waals surface area contributed by atoms with Crippen molar-refractivity contribution in [1.82, 2.24) is 4.98 Å². The lowest BCUT2D eigenvalue weighted by atomic mass is 9.93. The minimum Gasteiger partial charge on any atom is -0.466 e. The molecular formula is C17H18N2O. The molecule has 1 unspecified atom stereocenters. The van der Waals surface area contributed by atoms with Gasteiger partial charge in [0.05, 0.1) is 6.04 Å². The van der Waals surface area contributed by atoms with Gasteiger partial charge < -0.3 is 10.2 Å². The Hall–Kier alpha value is -2.13. The third-order valence-corrected chi connectivity index (χ3v) is 3.98. The second-order valence-electron chi connectivity index (χ2n) is 5.17. The Balaban J connectivity index is 2.20. The highest BCUT2D eigenvalue weighted by Gasteiger charge is 2.20. The van der Waals surface area contributed by atoms with Crippen molar-refractivity contribution in [3.8, 4) is 0 Å². The van der Waals surface area contributed by atoms with Crippen molar-refractivity contribution < 1.29 is 4.42 Å². The highest BCUT2D eigenvalue weighted by Crippen LogP contribution is 2.32. The minimum atomic E-state index is -0.182. The topological polar surface area (TPSA) is 52.0 Å². The minimum absolute atomic E-state index is 0.182. The first-order valence-electron chi connectivity index (χ1n) is 6.74. The Morgan fingerprint density at radius 2 is 1.90 bits per heavy atom. The van der Waals surface area contributed by atoms with Gasteiger partial charge in [-0.25, -0.2) is 0 Å². The van der Waals surface area contributed by atoms with E-state index in [-0.39, 0.29) is 6.04 Å². The summed E-state index contributed by atoms with van der Waals surface area (Å²) in [6.07, 6.45) is 3.67. The van der Waals surface area contributed by atoms with Gasteiger partial charge in [-0.3, -0.25) is 4.98 Å². The lowest BCUT2D eigenvalue weighted by molar-refractivity contribution is 0.498. The lowest BCUT2D eigenvalue weighted by Crippen LogP contribution is -2.14. The first-order valence-corrected chi connectivity index (χ1v) is 6.74. The highest BCUT2D eigenvalue weighted by molar-refractivity contribution is 5.85. The van der Waals surface area contributed by atoms with Crippen LogP contribution in [0.15, 0.2) is 41.1 Å². The largest absolute Gasteiger partial charge is 0.466 e. The van der Waals surface area contributed by atoms with Crippen molar-refractivity contribution in [2.75, 3.05) is 0 Å². The molecule has 1 aromatic carbocycles. The van der Waals surface area contributed by atoms with Crippen LogP contribution in [-0.4, -0.2) is 4.98 Å². The van der Waals surface area contributed by atoms with Gasteiger partial charge in [0.2, 0.25) is 0 Å². The van der Waals surface area contributed by atoms with Crippen LogP contribution < -0.4 is 5.73 Å². The second kappa shape index (κ2) is 4.76. The van der Waals surface area contributed by atoms with Crippen LogP contribution in [0.25, 0.3) is 10.8 Å². The molecule has 102 valence electrons. The molecule has 20 heavy (non-hydrogen) atoms. The predicted octanol–water partition coefficient (Wildman–Crippen LogP) is 3.80. The van der Waals surface area contributed by atoms with Gasteiger partial charge in [-0.1, -0.05) is 18.2 Å². The van der Waals surface area contributed by atoms with Crippen LogP contribution in [0.2, 0.25) is 0 Å². The maximum Gasteiger partial charge on any atom is 0.106 e. The molecule has 3 aromatic rings. The van der Waals surface area contributed by atoms with Gasteiger partial charge >= 0.3 is 0 Å². The van der Waals surface area contributed by atoms with E-state index in [9.17, 15) is 0 Å². The molecule has 0 aliphatic heterocycles. The van der Waals surface area contributed by atoms with Crippen LogP contribution in [0.3, 0.4) is 0 Å². The van der Waals surface area contributed by atoms with Crippen molar-refractivity contribution in [3.05, 3.63) is 64.9 Å². The molecule has 3 nitrogen and oxygen atoms in total. The zero-order valence-electron chi connectivity index (χ0n) is 12.0. The van der Waals surface area contributed by atoms with E-state index in [0.717, 1.165) is 39.0 Å². The number of hydrogen-bond acceptors (Lipinski definition) is 3. The van der Waals surface area contributed by atoms with Gasteiger partial charge in [0.25, 0.3) is 0 Å². The maximum absolute atomic E-state index is 6.52. The molecule has 0 radical (unpaired) electrons. The number of aryl methyl sites for hydroxylation is 2. The normalized spacial score (nSPS) is 12.8. The van der Waals surface area contributed by atoms with Crippen molar-refractivity contribution in [2.45, 2.75) is 26.8 Å². The first-order chi connectivity index (χ1) is 9.59. The van der Waals surface area contributed by atoms with E-state index >= 15 is 0 Å². The third-order valence-electron chi connectivity index (χ3n) is 3.98. The summed E-state index contributed by atoms with van der Waals surface area (Å²) in [6.45, 7) is 6.02. The number of hydrogen-bond donors (Lipinski definition) is 1. The number of aromatic nitrogens is 1. The van der Waals surface area contributed by atoms with E-state index in [1.54, 1.807) is 6.20 Å². The fraction of sp³-hybridized carbons (Fsp3) is 0.235. The Bertz CT molecular complexity index is 769. The van der Waals surface area contributed by atoms with Crippen LogP contribution >= 0.6 is 0 Å². The molecule has 0 saturated carbocycles. The number of benzene rings is 1. The number of pyridine rings is 1. The second-order valence-corrected chi connectivity index (χ2v) is 5.17. The quantitative estimate of drug-likeness (QED) is 0.767. The summed E-state index contributed by atoms with van der Waals surface area (Å²) < 4.78 is 5.71. The zero-order valence-corrected chi connectivity index (χ0v) is 12.0. The van der Waals surface area contributed by atoms with E-state index in [0.29, 0.717) is 0 Å². The maximum atomic E-state index is 6.52. The van der Waals surface area contributed by atoms with Crippen LogP contribution in [0.4, 0.5) is 0 Å². The van der Waals surface area contributed by atoms with Crippen molar-refractivity contribution in [3.63, 3.8) is 0 Å². The van der Waals surface area contributed by atoms with Crippen LogP contribution in [-0.2, 0) is 0 Å². The smallest absolute Gasteiger partial charge is 0.106 e. The van der Waals surface area contributed by atoms with Gasteiger partial charge in [0.1, 0.15) is 11.5 Å². The van der Waals surface area contributed by atoms with Crippen LogP contribution in [0.5, 0.6) is 0 Å². The van der Waals surface area contributed by atoms with Gasteiger partial charge in [-0.05, 0) is 43.4 Å². The van der Waals surface area contributed by atoms with Gasteiger partial charge in [-0.15, -0.1) is 0 Å². The number of rotatable bonds is 2. The third kappa shape index (κ3) is 1.91. The zero-order chi connectivity index (χ0) is 14.3. The molecule has 0 amide bonds. The SMILES string of the molecule is Cc1oc(C)c(C(N)c2cccc3cnccc23)c1C. The molecule has 2 heterocycles. The van der Waals surface area contributed by atoms with Gasteiger partial charge in [-0.2, -0.15) is 0 Å². The molecule has 0 bridgehead atoms. The highest BCUT2D eigenvalue weighted by atomic mass is 16.3. The summed E-state index contributed by atoms with van der Waals surface area (Å²) in [5, 5.41) is 2.25. The molecule has 3 rings (SSSR count). The van der Waals surface area contributed by atoms with Crippen molar-refractivity contribution in [1.29, 1.82) is 0 Å². The number of fused-ring (bicyclic) bond motifs is 1. The summed E-state index contributed by atoms with van der Waals surface area (Å²) >= 11 is 0. The molecule has 1 atom stereocenters. The summed E-state index contributed by atoms with van der Waals surface area (Å²) in [4.78, 5) is 4.17. The molecule has 2 aromatic heterocycles. The Morgan fingerprint density at radius 3 is 2.60 bits per heavy atom. The Kier molecular flexibility index (Phi) is 3.07. The number of nitrogens with two attached hydrogens (primary N) is 1. The summed E-state index contributed by atoms with van der Waals surface area (Å²) in [6, 6.07) is 7.99. The monoisotopic (exact) mass is 266 g/mol. The Labute approximate surface area is 118 Å². The fourth-order valence-corrected chi connectivity index (χ4v) is 2.84. The lowest BCUT2D eigenvalue weighted by Gasteiger charge is -2.15. The van der Waals surface area contributed by atoms with Crippen LogP contribution in [0, 0.1) is 20.8 Å². The molecule has 2 N–H and O–H groups in total. The van der Waals surface area contributed by atoms with Crippen LogP contribution in [0.1, 0.15) is 34.3 Å². The number of nitrogens with zero attached hydrogens (tertiary/aromatic N) is 1. The van der Waals surface area contributed by atoms with E-state index in [4.69, 9.17) is 10.2 Å². The molecule has 0 saturated heterocycles. The molecule has 3 heteroatoms. The standard InChI is InChI=1S/C17H18N2O/c1-10-11(2)20-12(3)16(10)17(18)15-6-4-5-13-9-19-8-7-14(13)15/h4-9,17H,18H2,1-3H3. The summed E-state index contributed by atoms with van der Waals surface area (Å²) in [5.41, 5.74) is 9.85. The first kappa shape index (κ1) is 12.9. The van der Waals surface area contributed by atoms with Crippen molar-refractivity contribution >= 4 is 10.8 Å². The van der Waals surface area contributed by atoms with Gasteiger partial charge in [0.15, 0.2) is 0 Å². The van der Waals surface area contributed by atoms with E-state index in [2.05, 4.69) is 24.0 Å². The summed E-state index contributed by atoms with van der Waals surface area (Å²) in [7, 11) is 0. The van der Waals surface area contributed by atoms with E-state index in [1.165, 1.54) is 0 Å². The van der Waals surface area contributed by atoms with Crippen molar-refractivity contribution in [2.24, 2.45) is 5.73 Å². The molecule has 0 aliphatic carbocycles. The molecule has 0 spiro atoms. The van der Waals surface area contributed by atoms with E-state index in [1.807, 2.05) is 32.2 Å². The summed E-state index contributed by atoms with van der Waals surface area (Å²) in [5.74, 6) is 1.84. The van der Waals surface area contributed by atoms with E-state index < -0.39 is 0 Å². The molecular weight excluding hydrogens is 248 g/mol.